The first kappa shape index (κ1) is 16.3. The first-order chi connectivity index (χ1) is 9.69. The molecule has 2 aliphatic rings. The summed E-state index contributed by atoms with van der Waals surface area (Å²) in [5.41, 5.74) is 1.56. The van der Waals surface area contributed by atoms with Gasteiger partial charge in [0, 0.05) is 0 Å². The predicted octanol–water partition coefficient (Wildman–Crippen LogP) is 5.85. The van der Waals surface area contributed by atoms with Crippen LogP contribution in [0.5, 0.6) is 0 Å². The van der Waals surface area contributed by atoms with Crippen LogP contribution in [-0.4, -0.2) is 30.3 Å². The summed E-state index contributed by atoms with van der Waals surface area (Å²) in [4.78, 5) is 12.8. The molecule has 0 unspecified atom stereocenters. The summed E-state index contributed by atoms with van der Waals surface area (Å²) in [7, 11) is -1.60. The van der Waals surface area contributed by atoms with E-state index in [-0.39, 0.29) is 5.71 Å². The van der Waals surface area contributed by atoms with E-state index >= 15 is 0 Å². The lowest BCUT2D eigenvalue weighted by Crippen LogP contribution is -2.32. The maximum atomic E-state index is 12.8. The quantitative estimate of drug-likeness (QED) is 0.595. The minimum atomic E-state index is -1.60. The molecule has 0 heterocycles. The summed E-state index contributed by atoms with van der Waals surface area (Å²) in [6.07, 6.45) is 14.1. The highest BCUT2D eigenvalue weighted by atomic mass is 31.2. The van der Waals surface area contributed by atoms with Crippen molar-refractivity contribution >= 4 is 13.0 Å². The molecule has 0 N–H and O–H groups in total. The van der Waals surface area contributed by atoms with E-state index in [1.807, 2.05) is 0 Å². The van der Waals surface area contributed by atoms with Gasteiger partial charge in [-0.3, -0.25) is 0 Å². The Kier molecular flexibility index (Phi) is 6.33. The van der Waals surface area contributed by atoms with Gasteiger partial charge in [0.2, 0.25) is 0 Å². The van der Waals surface area contributed by atoms with Gasteiger partial charge in [-0.25, -0.2) is 4.79 Å². The average molecular weight is 299 g/mol. The fourth-order valence-corrected chi connectivity index (χ4v) is 8.60. The molecule has 2 fully saturated rings. The van der Waals surface area contributed by atoms with Crippen LogP contribution < -0.4 is 0 Å². The topological polar surface area (TPSA) is 26.3 Å². The van der Waals surface area contributed by atoms with Crippen molar-refractivity contribution in [3.63, 3.8) is 0 Å². The smallest absolute Gasteiger partial charge is 0.436 e. The number of hydrogen-bond donors (Lipinski definition) is 0. The predicted molar refractivity (Wildman–Crippen MR) is 88.2 cm³/mol. The molecule has 0 aromatic heterocycles. The number of rotatable bonds is 5. The third-order valence-corrected chi connectivity index (χ3v) is 10.5. The molecule has 0 spiro atoms. The van der Waals surface area contributed by atoms with Gasteiger partial charge in [0.25, 0.3) is 0 Å². The normalized spacial score (nSPS) is 22.7. The Balaban J connectivity index is 2.13. The van der Waals surface area contributed by atoms with Crippen LogP contribution in [0.25, 0.3) is 0 Å². The third-order valence-electron chi connectivity index (χ3n) is 5.49. The lowest BCUT2D eigenvalue weighted by Gasteiger charge is -2.38. The molecular weight excluding hydrogens is 267 g/mol. The third kappa shape index (κ3) is 3.56. The molecule has 0 atom stereocenters. The average Bonchev–Trinajstić information content (AvgIpc) is 2.53. The molecule has 20 heavy (non-hydrogen) atoms. The van der Waals surface area contributed by atoms with Crippen molar-refractivity contribution in [2.75, 3.05) is 13.3 Å². The summed E-state index contributed by atoms with van der Waals surface area (Å²) in [6, 6.07) is 0. The zero-order valence-electron chi connectivity index (χ0n) is 13.4. The Bertz CT molecular complexity index is 286. The van der Waals surface area contributed by atoms with Crippen molar-refractivity contribution in [2.24, 2.45) is 0 Å². The lowest BCUT2D eigenvalue weighted by molar-refractivity contribution is 0.172. The van der Waals surface area contributed by atoms with Crippen LogP contribution in [0.2, 0.25) is 0 Å². The van der Waals surface area contributed by atoms with Crippen molar-refractivity contribution in [3.05, 3.63) is 0 Å². The van der Waals surface area contributed by atoms with E-state index in [0.717, 1.165) is 6.42 Å². The van der Waals surface area contributed by atoms with Crippen LogP contribution in [-0.2, 0) is 4.74 Å². The Morgan fingerprint density at radius 1 is 0.950 bits per heavy atom. The Morgan fingerprint density at radius 2 is 1.40 bits per heavy atom. The van der Waals surface area contributed by atoms with Crippen LogP contribution in [0.15, 0.2) is 0 Å². The molecule has 2 saturated carbocycles. The number of ether oxygens (including phenoxy) is 1. The van der Waals surface area contributed by atoms with Crippen molar-refractivity contribution < 1.29 is 9.53 Å². The molecule has 0 amide bonds. The molecule has 2 nitrogen and oxygen atoms in total. The lowest BCUT2D eigenvalue weighted by atomic mass is 9.99. The second-order valence-electron chi connectivity index (χ2n) is 6.85. The zero-order chi connectivity index (χ0) is 14.4. The van der Waals surface area contributed by atoms with Gasteiger partial charge in [-0.15, -0.1) is 0 Å². The van der Waals surface area contributed by atoms with Crippen molar-refractivity contribution in [2.45, 2.75) is 88.9 Å². The summed E-state index contributed by atoms with van der Waals surface area (Å²) < 4.78 is 5.67. The van der Waals surface area contributed by atoms with Crippen LogP contribution in [0.1, 0.15) is 77.6 Å². The fraction of sp³-hybridized carbons (Fsp3) is 0.941. The summed E-state index contributed by atoms with van der Waals surface area (Å²) >= 11 is 0. The molecule has 116 valence electrons. The number of carbonyl (C=O) groups is 1. The van der Waals surface area contributed by atoms with Crippen LogP contribution >= 0.6 is 7.26 Å². The summed E-state index contributed by atoms with van der Waals surface area (Å²) in [5.74, 6) is 0. The molecule has 0 bridgehead atoms. The van der Waals surface area contributed by atoms with Gasteiger partial charge in [0.1, 0.15) is 7.26 Å². The van der Waals surface area contributed by atoms with E-state index in [1.165, 1.54) is 64.2 Å². The largest absolute Gasteiger partial charge is 0.450 e. The Morgan fingerprint density at radius 3 is 1.80 bits per heavy atom. The Hall–Kier alpha value is -0.100. The maximum Gasteiger partial charge on any atom is 0.450 e. The van der Waals surface area contributed by atoms with Gasteiger partial charge in [-0.2, -0.15) is 0 Å². The van der Waals surface area contributed by atoms with Crippen molar-refractivity contribution in [3.8, 4) is 0 Å². The standard InChI is InChI=1S/C17H32O2P/c1-3-14-19-17(18)20(2,15-10-6-4-7-11-15)16-12-8-5-9-13-16/h15-16H,3-14H2,1-2H3/q+1. The highest BCUT2D eigenvalue weighted by Crippen LogP contribution is 2.70. The molecule has 2 rings (SSSR count). The number of carbonyl (C=O) groups excluding carboxylic acids is 1. The monoisotopic (exact) mass is 299 g/mol. The van der Waals surface area contributed by atoms with E-state index in [1.54, 1.807) is 0 Å². The molecule has 0 radical (unpaired) electrons. The molecule has 0 saturated heterocycles. The minimum absolute atomic E-state index is 0.221. The first-order valence-corrected chi connectivity index (χ1v) is 11.1. The zero-order valence-corrected chi connectivity index (χ0v) is 14.3. The van der Waals surface area contributed by atoms with Crippen LogP contribution in [0.4, 0.5) is 4.79 Å². The molecule has 0 aromatic carbocycles. The van der Waals surface area contributed by atoms with Crippen molar-refractivity contribution in [1.29, 1.82) is 0 Å². The van der Waals surface area contributed by atoms with Gasteiger partial charge >= 0.3 is 5.71 Å². The molecule has 0 aliphatic heterocycles. The van der Waals surface area contributed by atoms with Crippen molar-refractivity contribution in [1.82, 2.24) is 0 Å². The van der Waals surface area contributed by atoms with E-state index in [4.69, 9.17) is 4.74 Å². The maximum absolute atomic E-state index is 12.8. The second-order valence-corrected chi connectivity index (χ2v) is 11.0. The number of hydrogen-bond acceptors (Lipinski definition) is 2. The molecular formula is C17H32O2P+. The SMILES string of the molecule is CCCOC(=O)[P+](C)(C1CCCCC1)C1CCCCC1. The van der Waals surface area contributed by atoms with Gasteiger partial charge < -0.3 is 4.74 Å². The van der Waals surface area contributed by atoms with Gasteiger partial charge in [-0.05, 0) is 57.8 Å². The van der Waals surface area contributed by atoms with Crippen LogP contribution in [0, 0.1) is 0 Å². The molecule has 2 aliphatic carbocycles. The second kappa shape index (κ2) is 7.78. The highest BCUT2D eigenvalue weighted by molar-refractivity contribution is 7.91. The van der Waals surface area contributed by atoms with E-state index < -0.39 is 7.26 Å². The fourth-order valence-electron chi connectivity index (χ4n) is 4.16. The summed E-state index contributed by atoms with van der Waals surface area (Å²) in [6.45, 7) is 5.05. The van der Waals surface area contributed by atoms with Gasteiger partial charge in [0.15, 0.2) is 0 Å². The Labute approximate surface area is 125 Å². The van der Waals surface area contributed by atoms with Gasteiger partial charge in [0.05, 0.1) is 24.6 Å². The highest BCUT2D eigenvalue weighted by Gasteiger charge is 2.56. The van der Waals surface area contributed by atoms with E-state index in [2.05, 4.69) is 13.6 Å². The molecule has 3 heteroatoms. The van der Waals surface area contributed by atoms with Crippen LogP contribution in [0.3, 0.4) is 0 Å². The minimum Gasteiger partial charge on any atom is -0.436 e. The van der Waals surface area contributed by atoms with Gasteiger partial charge in [-0.1, -0.05) is 19.8 Å². The summed E-state index contributed by atoms with van der Waals surface area (Å²) in [5, 5.41) is 0. The molecule has 0 aromatic rings. The van der Waals surface area contributed by atoms with E-state index in [9.17, 15) is 4.79 Å². The van der Waals surface area contributed by atoms with E-state index in [0.29, 0.717) is 17.9 Å². The first-order valence-electron chi connectivity index (χ1n) is 8.72.